The van der Waals surface area contributed by atoms with Crippen molar-refractivity contribution in [3.63, 3.8) is 0 Å². The Labute approximate surface area is 143 Å². The van der Waals surface area contributed by atoms with Gasteiger partial charge in [-0.3, -0.25) is 0 Å². The molecule has 0 unspecified atom stereocenters. The standard InChI is InChI=1S/C16H16F3N3O2S/c1-11-8-15(21-10-20-11)22-7-6-12(9-22)25(23,24)14-5-3-2-4-13(14)16(17,18)19/h2-5,8,10,12H,6-7,9H2,1H3/t12-/m0/s1. The van der Waals surface area contributed by atoms with Crippen LogP contribution in [-0.4, -0.2) is 36.7 Å². The third kappa shape index (κ3) is 3.46. The van der Waals surface area contributed by atoms with Gasteiger partial charge in [0.05, 0.1) is 15.7 Å². The fourth-order valence-corrected chi connectivity index (χ4v) is 4.84. The summed E-state index contributed by atoms with van der Waals surface area (Å²) < 4.78 is 65.1. The van der Waals surface area contributed by atoms with Crippen LogP contribution in [0.2, 0.25) is 0 Å². The summed E-state index contributed by atoms with van der Waals surface area (Å²) in [5.74, 6) is 0.578. The van der Waals surface area contributed by atoms with Crippen LogP contribution in [0.1, 0.15) is 17.7 Å². The highest BCUT2D eigenvalue weighted by atomic mass is 32.2. The van der Waals surface area contributed by atoms with Gasteiger partial charge >= 0.3 is 6.18 Å². The number of aromatic nitrogens is 2. The van der Waals surface area contributed by atoms with Gasteiger partial charge in [-0.15, -0.1) is 0 Å². The monoisotopic (exact) mass is 371 g/mol. The molecule has 1 aromatic carbocycles. The maximum Gasteiger partial charge on any atom is 0.417 e. The summed E-state index contributed by atoms with van der Waals surface area (Å²) in [7, 11) is -4.11. The van der Waals surface area contributed by atoms with Crippen molar-refractivity contribution < 1.29 is 21.6 Å². The Bertz CT molecular complexity index is 884. The molecule has 25 heavy (non-hydrogen) atoms. The summed E-state index contributed by atoms with van der Waals surface area (Å²) in [6, 6.07) is 6.04. The lowest BCUT2D eigenvalue weighted by Crippen LogP contribution is -2.29. The van der Waals surface area contributed by atoms with E-state index < -0.39 is 31.7 Å². The Balaban J connectivity index is 1.90. The lowest BCUT2D eigenvalue weighted by Gasteiger charge is -2.19. The molecule has 0 radical (unpaired) electrons. The quantitative estimate of drug-likeness (QED) is 0.830. The average molecular weight is 371 g/mol. The molecule has 1 aromatic heterocycles. The highest BCUT2D eigenvalue weighted by Crippen LogP contribution is 2.36. The number of halogens is 3. The summed E-state index contributed by atoms with van der Waals surface area (Å²) in [5, 5.41) is -0.911. The molecule has 0 aliphatic carbocycles. The molecule has 1 atom stereocenters. The first-order valence-electron chi connectivity index (χ1n) is 7.63. The minimum absolute atomic E-state index is 0.102. The van der Waals surface area contributed by atoms with Crippen LogP contribution in [0.4, 0.5) is 19.0 Å². The van der Waals surface area contributed by atoms with Crippen molar-refractivity contribution in [1.82, 2.24) is 9.97 Å². The van der Waals surface area contributed by atoms with Gasteiger partial charge in [-0.25, -0.2) is 18.4 Å². The molecule has 5 nitrogen and oxygen atoms in total. The topological polar surface area (TPSA) is 63.2 Å². The fraction of sp³-hybridized carbons (Fsp3) is 0.375. The van der Waals surface area contributed by atoms with Gasteiger partial charge in [0, 0.05) is 24.8 Å². The minimum Gasteiger partial charge on any atom is -0.355 e. The number of anilines is 1. The summed E-state index contributed by atoms with van der Waals surface area (Å²) >= 11 is 0. The molecule has 1 fully saturated rings. The largest absolute Gasteiger partial charge is 0.417 e. The van der Waals surface area contributed by atoms with E-state index in [0.717, 1.165) is 17.8 Å². The lowest BCUT2D eigenvalue weighted by atomic mass is 10.2. The number of hydrogen-bond donors (Lipinski definition) is 0. The maximum atomic E-state index is 13.2. The van der Waals surface area contributed by atoms with Crippen LogP contribution in [0, 0.1) is 6.92 Å². The molecule has 0 amide bonds. The Morgan fingerprint density at radius 2 is 1.92 bits per heavy atom. The van der Waals surface area contributed by atoms with Gasteiger partial charge in [0.2, 0.25) is 0 Å². The molecule has 2 aromatic rings. The second kappa shape index (κ2) is 6.29. The molecule has 0 bridgehead atoms. The number of nitrogens with zero attached hydrogens (tertiary/aromatic N) is 3. The molecule has 0 saturated carbocycles. The maximum absolute atomic E-state index is 13.2. The zero-order valence-electron chi connectivity index (χ0n) is 13.4. The van der Waals surface area contributed by atoms with E-state index in [1.807, 2.05) is 0 Å². The molecular formula is C16H16F3N3O2S. The molecule has 0 spiro atoms. The zero-order valence-corrected chi connectivity index (χ0v) is 14.2. The second-order valence-electron chi connectivity index (χ2n) is 5.91. The van der Waals surface area contributed by atoms with E-state index in [0.29, 0.717) is 12.4 Å². The zero-order chi connectivity index (χ0) is 18.2. The van der Waals surface area contributed by atoms with Crippen molar-refractivity contribution in [3.05, 3.63) is 47.9 Å². The number of aryl methyl sites for hydroxylation is 1. The van der Waals surface area contributed by atoms with Crippen molar-refractivity contribution >= 4 is 15.7 Å². The highest BCUT2D eigenvalue weighted by molar-refractivity contribution is 7.92. The van der Waals surface area contributed by atoms with Crippen molar-refractivity contribution in [2.45, 2.75) is 29.7 Å². The number of benzene rings is 1. The molecule has 1 aliphatic heterocycles. The molecule has 3 rings (SSSR count). The van der Waals surface area contributed by atoms with E-state index in [2.05, 4.69) is 9.97 Å². The summed E-state index contributed by atoms with van der Waals surface area (Å²) in [6.45, 7) is 2.30. The molecule has 2 heterocycles. The van der Waals surface area contributed by atoms with Crippen LogP contribution in [0.15, 0.2) is 41.6 Å². The predicted octanol–water partition coefficient (Wildman–Crippen LogP) is 2.86. The Hall–Kier alpha value is -2.16. The molecule has 0 N–H and O–H groups in total. The van der Waals surface area contributed by atoms with Gasteiger partial charge in [0.1, 0.15) is 12.1 Å². The lowest BCUT2D eigenvalue weighted by molar-refractivity contribution is -0.139. The number of rotatable bonds is 3. The average Bonchev–Trinajstić information content (AvgIpc) is 3.05. The minimum atomic E-state index is -4.72. The Kier molecular flexibility index (Phi) is 4.44. The Morgan fingerprint density at radius 1 is 1.20 bits per heavy atom. The van der Waals surface area contributed by atoms with Crippen LogP contribution in [0.5, 0.6) is 0 Å². The second-order valence-corrected chi connectivity index (χ2v) is 8.11. The smallest absolute Gasteiger partial charge is 0.355 e. The van der Waals surface area contributed by atoms with Crippen molar-refractivity contribution in [2.75, 3.05) is 18.0 Å². The Morgan fingerprint density at radius 3 is 2.60 bits per heavy atom. The van der Waals surface area contributed by atoms with Crippen LogP contribution in [-0.2, 0) is 16.0 Å². The number of hydrogen-bond acceptors (Lipinski definition) is 5. The van der Waals surface area contributed by atoms with E-state index in [9.17, 15) is 21.6 Å². The molecular weight excluding hydrogens is 355 g/mol. The van der Waals surface area contributed by atoms with Crippen molar-refractivity contribution in [1.29, 1.82) is 0 Å². The van der Waals surface area contributed by atoms with Gasteiger partial charge < -0.3 is 4.90 Å². The van der Waals surface area contributed by atoms with Gasteiger partial charge in [0.15, 0.2) is 9.84 Å². The van der Waals surface area contributed by atoms with Crippen LogP contribution in [0.3, 0.4) is 0 Å². The van der Waals surface area contributed by atoms with Gasteiger partial charge in [-0.1, -0.05) is 12.1 Å². The first-order chi connectivity index (χ1) is 11.7. The third-order valence-corrected chi connectivity index (χ3v) is 6.43. The first kappa shape index (κ1) is 17.7. The normalized spacial score (nSPS) is 18.6. The third-order valence-electron chi connectivity index (χ3n) is 4.20. The van der Waals surface area contributed by atoms with Crippen molar-refractivity contribution in [2.24, 2.45) is 0 Å². The van der Waals surface area contributed by atoms with Crippen LogP contribution in [0.25, 0.3) is 0 Å². The summed E-state index contributed by atoms with van der Waals surface area (Å²) in [6.07, 6.45) is -3.09. The van der Waals surface area contributed by atoms with Crippen LogP contribution >= 0.6 is 0 Å². The molecule has 9 heteroatoms. The first-order valence-corrected chi connectivity index (χ1v) is 9.18. The molecule has 134 valence electrons. The fourth-order valence-electron chi connectivity index (χ4n) is 2.93. The van der Waals surface area contributed by atoms with Crippen molar-refractivity contribution in [3.8, 4) is 0 Å². The molecule has 1 aliphatic rings. The number of alkyl halides is 3. The van der Waals surface area contributed by atoms with E-state index in [1.165, 1.54) is 18.5 Å². The van der Waals surface area contributed by atoms with E-state index >= 15 is 0 Å². The SMILES string of the molecule is Cc1cc(N2CC[C@H](S(=O)(=O)c3ccccc3C(F)(F)F)C2)ncn1. The molecule has 1 saturated heterocycles. The van der Waals surface area contributed by atoms with Gasteiger partial charge in [0.25, 0.3) is 0 Å². The van der Waals surface area contributed by atoms with Gasteiger partial charge in [-0.2, -0.15) is 13.2 Å². The summed E-state index contributed by atoms with van der Waals surface area (Å²) in [5.41, 5.74) is -0.384. The predicted molar refractivity (Wildman–Crippen MR) is 86.0 cm³/mol. The highest BCUT2D eigenvalue weighted by Gasteiger charge is 2.41. The van der Waals surface area contributed by atoms with Gasteiger partial charge in [-0.05, 0) is 25.5 Å². The number of sulfone groups is 1. The van der Waals surface area contributed by atoms with E-state index in [1.54, 1.807) is 17.9 Å². The van der Waals surface area contributed by atoms with E-state index in [-0.39, 0.29) is 13.0 Å². The summed E-state index contributed by atoms with van der Waals surface area (Å²) in [4.78, 5) is 9.19. The van der Waals surface area contributed by atoms with E-state index in [4.69, 9.17) is 0 Å². The van der Waals surface area contributed by atoms with Crippen LogP contribution < -0.4 is 4.90 Å².